The zero-order valence-corrected chi connectivity index (χ0v) is 32.3. The van der Waals surface area contributed by atoms with E-state index in [2.05, 4.69) is 25.8 Å². The quantitative estimate of drug-likeness (QED) is 0.0618. The summed E-state index contributed by atoms with van der Waals surface area (Å²) in [5.41, 5.74) is 0.476. The second kappa shape index (κ2) is 22.6. The lowest BCUT2D eigenvalue weighted by Gasteiger charge is -2.28. The minimum atomic E-state index is -4.88. The predicted octanol–water partition coefficient (Wildman–Crippen LogP) is 0.854. The van der Waals surface area contributed by atoms with Crippen LogP contribution >= 0.6 is 7.82 Å². The molecule has 11 N–H and O–H groups in total. The monoisotopic (exact) mass is 838 g/mol. The number of para-hydroxylation sites is 1. The molecule has 4 amide bonds. The maximum atomic E-state index is 13.9. The van der Waals surface area contributed by atoms with Crippen LogP contribution in [0.1, 0.15) is 75.8 Å². The summed E-state index contributed by atoms with van der Waals surface area (Å²) in [4.78, 5) is 119. The SMILES string of the molecule is CC[C@H](C)[C@H](NC(=O)[C@H](CCC(=O)O)NC(=O)[C@H](CCC(=O)O)NC(=O)C(Cc1ccc(OP(=O)(O)O)cc1)c1ccccc1O)C(=O)N[C@@H](CCC(=O)O)C(=O)O. The number of carbonyl (C=O) groups excluding carboxylic acids is 4. The molecular weight excluding hydrogens is 791 g/mol. The number of carboxylic acid groups (broad SMARTS) is 4. The Bertz CT molecular complexity index is 1850. The first-order chi connectivity index (χ1) is 27.1. The molecule has 0 aliphatic carbocycles. The van der Waals surface area contributed by atoms with E-state index in [0.717, 1.165) is 0 Å². The number of phosphoric acid groups is 1. The fourth-order valence-corrected chi connectivity index (χ4v) is 5.94. The van der Waals surface area contributed by atoms with E-state index in [1.165, 1.54) is 55.5 Å². The summed E-state index contributed by atoms with van der Waals surface area (Å²) in [5.74, 6) is -12.2. The van der Waals surface area contributed by atoms with Crippen molar-refractivity contribution in [1.82, 2.24) is 21.3 Å². The lowest BCUT2D eigenvalue weighted by molar-refractivity contribution is -0.144. The number of hydrogen-bond acceptors (Lipinski definition) is 11. The number of phosphoric ester groups is 1. The molecule has 0 spiro atoms. The standard InChI is InChI=1S/C36H47N4O17P/c1-3-19(2)31(35(51)39-26(36(52)53)14-17-30(46)47)40-34(50)25(13-16-29(44)45)38-33(49)24(12-15-28(42)43)37-32(48)23(22-6-4-5-7-27(22)41)18-20-8-10-21(11-9-20)57-58(54,55)56/h4-11,19,23-26,31,41H,3,12-18H2,1-2H3,(H,37,48)(H,38,49)(H,39,51)(H,40,50)(H,42,43)(H,44,45)(H,46,47)(H,52,53)(H2,54,55,56)/t19-,23?,24-,25-,26-,31-/m0/s1. The van der Waals surface area contributed by atoms with Gasteiger partial charge in [-0.1, -0.05) is 50.6 Å². The van der Waals surface area contributed by atoms with Crippen molar-refractivity contribution in [2.45, 2.75) is 95.3 Å². The van der Waals surface area contributed by atoms with Crippen molar-refractivity contribution >= 4 is 55.3 Å². The van der Waals surface area contributed by atoms with Crippen LogP contribution in [0.4, 0.5) is 0 Å². The topological polar surface area (TPSA) is 353 Å². The molecule has 0 heterocycles. The van der Waals surface area contributed by atoms with Gasteiger partial charge in [-0.15, -0.1) is 0 Å². The Morgan fingerprint density at radius 3 is 1.59 bits per heavy atom. The summed E-state index contributed by atoms with van der Waals surface area (Å²) in [5, 5.41) is 57.3. The molecular formula is C36H47N4O17P. The highest BCUT2D eigenvalue weighted by atomic mass is 31.2. The number of phenolic OH excluding ortho intramolecular Hbond substituents is 1. The van der Waals surface area contributed by atoms with Crippen molar-refractivity contribution in [3.63, 3.8) is 0 Å². The van der Waals surface area contributed by atoms with Crippen LogP contribution < -0.4 is 25.8 Å². The van der Waals surface area contributed by atoms with Crippen molar-refractivity contribution in [2.24, 2.45) is 5.92 Å². The molecule has 2 aromatic rings. The summed E-state index contributed by atoms with van der Waals surface area (Å²) < 4.78 is 15.8. The minimum Gasteiger partial charge on any atom is -0.508 e. The Kier molecular flexibility index (Phi) is 18.8. The molecule has 2 rings (SSSR count). The Morgan fingerprint density at radius 2 is 1.12 bits per heavy atom. The molecule has 0 bridgehead atoms. The summed E-state index contributed by atoms with van der Waals surface area (Å²) >= 11 is 0. The van der Waals surface area contributed by atoms with Crippen LogP contribution in [0.2, 0.25) is 0 Å². The second-order valence-electron chi connectivity index (χ2n) is 13.2. The number of carboxylic acids is 4. The predicted molar refractivity (Wildman–Crippen MR) is 199 cm³/mol. The zero-order chi connectivity index (χ0) is 43.7. The van der Waals surface area contributed by atoms with Crippen molar-refractivity contribution in [3.05, 3.63) is 59.7 Å². The Labute approximate surface area is 331 Å². The van der Waals surface area contributed by atoms with Crippen molar-refractivity contribution in [1.29, 1.82) is 0 Å². The van der Waals surface area contributed by atoms with Gasteiger partial charge in [0.05, 0.1) is 5.92 Å². The van der Waals surface area contributed by atoms with Crippen LogP contribution in [0.3, 0.4) is 0 Å². The Morgan fingerprint density at radius 1 is 0.655 bits per heavy atom. The number of aromatic hydroxyl groups is 1. The van der Waals surface area contributed by atoms with Gasteiger partial charge in [0, 0.05) is 24.8 Å². The van der Waals surface area contributed by atoms with E-state index in [9.17, 15) is 63.3 Å². The van der Waals surface area contributed by atoms with Crippen LogP contribution in [-0.4, -0.2) is 107 Å². The van der Waals surface area contributed by atoms with E-state index in [1.54, 1.807) is 6.92 Å². The van der Waals surface area contributed by atoms with Crippen LogP contribution in [0.5, 0.6) is 11.5 Å². The van der Waals surface area contributed by atoms with Crippen molar-refractivity contribution < 1.29 is 82.8 Å². The number of benzene rings is 2. The van der Waals surface area contributed by atoms with Crippen LogP contribution in [0.15, 0.2) is 48.5 Å². The van der Waals surface area contributed by atoms with E-state index in [-0.39, 0.29) is 29.9 Å². The number of amides is 4. The van der Waals surface area contributed by atoms with Crippen LogP contribution in [0, 0.1) is 5.92 Å². The molecule has 2 aromatic carbocycles. The molecule has 0 saturated heterocycles. The third-order valence-electron chi connectivity index (χ3n) is 8.83. The van der Waals surface area contributed by atoms with Gasteiger partial charge < -0.3 is 51.3 Å². The maximum Gasteiger partial charge on any atom is 0.524 e. The van der Waals surface area contributed by atoms with E-state index in [4.69, 9.17) is 14.9 Å². The molecule has 0 saturated carbocycles. The van der Waals surface area contributed by atoms with E-state index in [1.807, 2.05) is 0 Å². The maximum absolute atomic E-state index is 13.9. The molecule has 0 aliphatic rings. The van der Waals surface area contributed by atoms with Gasteiger partial charge in [-0.25, -0.2) is 9.36 Å². The van der Waals surface area contributed by atoms with Gasteiger partial charge in [0.2, 0.25) is 23.6 Å². The molecule has 0 radical (unpaired) electrons. The van der Waals surface area contributed by atoms with Crippen molar-refractivity contribution in [3.8, 4) is 11.5 Å². The first-order valence-electron chi connectivity index (χ1n) is 17.8. The smallest absolute Gasteiger partial charge is 0.508 e. The molecule has 0 fully saturated rings. The van der Waals surface area contributed by atoms with Gasteiger partial charge >= 0.3 is 31.7 Å². The van der Waals surface area contributed by atoms with Crippen LogP contribution in [0.25, 0.3) is 0 Å². The van der Waals surface area contributed by atoms with E-state index in [0.29, 0.717) is 5.56 Å². The highest BCUT2D eigenvalue weighted by Gasteiger charge is 2.35. The van der Waals surface area contributed by atoms with Gasteiger partial charge in [-0.3, -0.25) is 43.3 Å². The second-order valence-corrected chi connectivity index (χ2v) is 14.4. The first kappa shape index (κ1) is 48.1. The summed E-state index contributed by atoms with van der Waals surface area (Å²) in [6, 6.07) is 4.45. The van der Waals surface area contributed by atoms with Gasteiger partial charge in [-0.2, -0.15) is 0 Å². The largest absolute Gasteiger partial charge is 0.524 e. The lowest BCUT2D eigenvalue weighted by Crippen LogP contribution is -2.59. The normalized spacial score (nSPS) is 14.3. The molecule has 22 heteroatoms. The fourth-order valence-electron chi connectivity index (χ4n) is 5.55. The third-order valence-corrected chi connectivity index (χ3v) is 9.28. The first-order valence-corrected chi connectivity index (χ1v) is 19.4. The minimum absolute atomic E-state index is 0.0779. The summed E-state index contributed by atoms with van der Waals surface area (Å²) in [6.45, 7) is 3.18. The number of aliphatic carboxylic acids is 4. The van der Waals surface area contributed by atoms with E-state index < -0.39 is 130 Å². The highest BCUT2D eigenvalue weighted by molar-refractivity contribution is 7.46. The number of rotatable bonds is 25. The molecule has 58 heavy (non-hydrogen) atoms. The number of nitrogens with one attached hydrogen (secondary N) is 4. The number of hydrogen-bond donors (Lipinski definition) is 11. The van der Waals surface area contributed by atoms with Crippen molar-refractivity contribution in [2.75, 3.05) is 0 Å². The number of phenols is 1. The fraction of sp³-hybridized carbons (Fsp3) is 0.444. The highest BCUT2D eigenvalue weighted by Crippen LogP contribution is 2.38. The van der Waals surface area contributed by atoms with Gasteiger partial charge in [0.25, 0.3) is 0 Å². The number of carbonyl (C=O) groups is 8. The van der Waals surface area contributed by atoms with Gasteiger partial charge in [0.15, 0.2) is 0 Å². The zero-order valence-electron chi connectivity index (χ0n) is 31.4. The summed E-state index contributed by atoms with van der Waals surface area (Å²) in [7, 11) is -4.88. The van der Waals surface area contributed by atoms with Gasteiger partial charge in [-0.05, 0) is 55.4 Å². The Balaban J connectivity index is 2.43. The molecule has 21 nitrogen and oxygen atoms in total. The third kappa shape index (κ3) is 16.6. The molecule has 6 atom stereocenters. The van der Waals surface area contributed by atoms with Crippen LogP contribution in [-0.2, 0) is 49.3 Å². The molecule has 0 aliphatic heterocycles. The van der Waals surface area contributed by atoms with Gasteiger partial charge in [0.1, 0.15) is 35.7 Å². The average Bonchev–Trinajstić information content (AvgIpc) is 3.13. The molecule has 0 aromatic heterocycles. The molecule has 1 unspecified atom stereocenters. The Hall–Kier alpha value is -6.05. The van der Waals surface area contributed by atoms with E-state index >= 15 is 0 Å². The summed E-state index contributed by atoms with van der Waals surface area (Å²) in [6.07, 6.45) is -3.45. The molecule has 318 valence electrons. The average molecular weight is 839 g/mol. The lowest BCUT2D eigenvalue weighted by atomic mass is 9.90.